The van der Waals surface area contributed by atoms with Crippen molar-refractivity contribution in [2.75, 3.05) is 37.3 Å². The van der Waals surface area contributed by atoms with Crippen molar-refractivity contribution in [1.29, 1.82) is 0 Å². The van der Waals surface area contributed by atoms with E-state index in [-0.39, 0.29) is 11.4 Å². The lowest BCUT2D eigenvalue weighted by Gasteiger charge is -2.15. The summed E-state index contributed by atoms with van der Waals surface area (Å²) in [6.07, 6.45) is -0.833. The molecule has 0 radical (unpaired) electrons. The number of rotatable bonds is 11. The van der Waals surface area contributed by atoms with Gasteiger partial charge in [-0.1, -0.05) is 18.2 Å². The van der Waals surface area contributed by atoms with Crippen LogP contribution in [0.2, 0.25) is 0 Å². The summed E-state index contributed by atoms with van der Waals surface area (Å²) in [4.78, 5) is 0.0657. The van der Waals surface area contributed by atoms with Gasteiger partial charge in [0.2, 0.25) is 5.88 Å². The van der Waals surface area contributed by atoms with Gasteiger partial charge in [-0.05, 0) is 48.0 Å². The lowest BCUT2D eigenvalue weighted by Crippen LogP contribution is -2.26. The third-order valence-electron chi connectivity index (χ3n) is 5.27. The van der Waals surface area contributed by atoms with Crippen LogP contribution in [-0.2, 0) is 10.0 Å². The predicted octanol–water partition coefficient (Wildman–Crippen LogP) is 2.66. The topological polar surface area (TPSA) is 152 Å². The van der Waals surface area contributed by atoms with E-state index >= 15 is 0 Å². The number of hydrogen-bond donors (Lipinski definition) is 5. The van der Waals surface area contributed by atoms with Crippen LogP contribution >= 0.6 is 0 Å². The normalized spacial score (nSPS) is 12.4. The standard InChI is InChI=1S/C24H27N5O5S/c1-33-24-21-9-8-19(14-22(21)27-28-24)34-11-10-26-15-23(30)16-4-2-6-18(12-16)29-35(31,32)20-7-3-5-17(25)13-20/h2-9,12-14,23,26,29-30H,10-11,15,25H2,1H3,(H,27,28). The molecular weight excluding hydrogens is 470 g/mol. The van der Waals surface area contributed by atoms with Crippen LogP contribution in [0.4, 0.5) is 11.4 Å². The Morgan fingerprint density at radius 3 is 2.74 bits per heavy atom. The van der Waals surface area contributed by atoms with E-state index in [0.29, 0.717) is 41.7 Å². The second-order valence-electron chi connectivity index (χ2n) is 7.81. The number of anilines is 2. The van der Waals surface area contributed by atoms with Gasteiger partial charge < -0.3 is 25.6 Å². The lowest BCUT2D eigenvalue weighted by atomic mass is 10.1. The minimum atomic E-state index is -3.80. The summed E-state index contributed by atoms with van der Waals surface area (Å²) in [7, 11) is -2.23. The third-order valence-corrected chi connectivity index (χ3v) is 6.65. The van der Waals surface area contributed by atoms with E-state index in [4.69, 9.17) is 15.2 Å². The van der Waals surface area contributed by atoms with Gasteiger partial charge in [-0.3, -0.25) is 9.82 Å². The number of ether oxygens (including phenoxy) is 2. The maximum absolute atomic E-state index is 12.6. The number of fused-ring (bicyclic) bond motifs is 1. The fourth-order valence-corrected chi connectivity index (χ4v) is 4.63. The number of methoxy groups -OCH3 is 1. The largest absolute Gasteiger partial charge is 0.492 e. The van der Waals surface area contributed by atoms with E-state index in [1.54, 1.807) is 43.5 Å². The molecule has 0 bridgehead atoms. The van der Waals surface area contributed by atoms with Crippen LogP contribution < -0.4 is 25.2 Å². The lowest BCUT2D eigenvalue weighted by molar-refractivity contribution is 0.172. The minimum absolute atomic E-state index is 0.0657. The van der Waals surface area contributed by atoms with Crippen LogP contribution in [-0.4, -0.2) is 50.5 Å². The molecule has 0 saturated carbocycles. The minimum Gasteiger partial charge on any atom is -0.492 e. The Hall–Kier alpha value is -3.80. The number of sulfonamides is 1. The molecule has 35 heavy (non-hydrogen) atoms. The molecule has 4 aromatic rings. The molecule has 1 unspecified atom stereocenters. The fourth-order valence-electron chi connectivity index (χ4n) is 3.52. The van der Waals surface area contributed by atoms with Gasteiger partial charge in [-0.25, -0.2) is 8.42 Å². The highest BCUT2D eigenvalue weighted by atomic mass is 32.2. The first-order valence-corrected chi connectivity index (χ1v) is 12.4. The number of hydrogen-bond acceptors (Lipinski definition) is 8. The van der Waals surface area contributed by atoms with Gasteiger partial charge in [0.15, 0.2) is 0 Å². The van der Waals surface area contributed by atoms with Gasteiger partial charge in [-0.15, -0.1) is 5.10 Å². The monoisotopic (exact) mass is 497 g/mol. The van der Waals surface area contributed by atoms with Crippen molar-refractivity contribution in [1.82, 2.24) is 15.5 Å². The zero-order valence-electron chi connectivity index (χ0n) is 19.1. The number of nitrogens with two attached hydrogens (primary N) is 1. The third kappa shape index (κ3) is 6.01. The number of aliphatic hydroxyl groups is 1. The van der Waals surface area contributed by atoms with Crippen molar-refractivity contribution in [2.24, 2.45) is 0 Å². The fraction of sp³-hybridized carbons (Fsp3) is 0.208. The molecule has 0 saturated heterocycles. The summed E-state index contributed by atoms with van der Waals surface area (Å²) in [6, 6.07) is 18.2. The average Bonchev–Trinajstić information content (AvgIpc) is 3.26. The molecule has 1 heterocycles. The van der Waals surface area contributed by atoms with Crippen molar-refractivity contribution in [3.63, 3.8) is 0 Å². The van der Waals surface area contributed by atoms with E-state index in [9.17, 15) is 13.5 Å². The SMILES string of the molecule is COc1n[nH]c2cc(OCCNCC(O)c3cccc(NS(=O)(=O)c4cccc(N)c4)c3)ccc12. The van der Waals surface area contributed by atoms with E-state index in [0.717, 1.165) is 10.9 Å². The smallest absolute Gasteiger partial charge is 0.261 e. The van der Waals surface area contributed by atoms with Crippen LogP contribution in [0.15, 0.2) is 71.6 Å². The highest BCUT2D eigenvalue weighted by Gasteiger charge is 2.16. The molecule has 0 amide bonds. The molecule has 0 aliphatic carbocycles. The maximum Gasteiger partial charge on any atom is 0.261 e. The summed E-state index contributed by atoms with van der Waals surface area (Å²) in [5.74, 6) is 1.22. The maximum atomic E-state index is 12.6. The molecule has 4 rings (SSSR count). The van der Waals surface area contributed by atoms with Crippen LogP contribution in [0, 0.1) is 0 Å². The first-order chi connectivity index (χ1) is 16.9. The highest BCUT2D eigenvalue weighted by Crippen LogP contribution is 2.26. The number of nitrogens with zero attached hydrogens (tertiary/aromatic N) is 1. The number of aliphatic hydroxyl groups excluding tert-OH is 1. The summed E-state index contributed by atoms with van der Waals surface area (Å²) >= 11 is 0. The number of aromatic amines is 1. The Kier molecular flexibility index (Phi) is 7.39. The van der Waals surface area contributed by atoms with Crippen LogP contribution in [0.1, 0.15) is 11.7 Å². The van der Waals surface area contributed by atoms with Gasteiger partial charge in [0, 0.05) is 30.5 Å². The molecule has 1 aromatic heterocycles. The second kappa shape index (κ2) is 10.6. The summed E-state index contributed by atoms with van der Waals surface area (Å²) in [5.41, 5.74) is 7.78. The Morgan fingerprint density at radius 1 is 1.11 bits per heavy atom. The Bertz CT molecular complexity index is 1410. The molecule has 0 aliphatic rings. The number of nitrogen functional groups attached to an aromatic ring is 1. The van der Waals surface area contributed by atoms with Crippen molar-refractivity contribution in [3.05, 3.63) is 72.3 Å². The average molecular weight is 498 g/mol. The molecule has 10 nitrogen and oxygen atoms in total. The van der Waals surface area contributed by atoms with Crippen molar-refractivity contribution in [3.8, 4) is 11.6 Å². The van der Waals surface area contributed by atoms with Crippen LogP contribution in [0.5, 0.6) is 11.6 Å². The predicted molar refractivity (Wildman–Crippen MR) is 134 cm³/mol. The van der Waals surface area contributed by atoms with Gasteiger partial charge >= 0.3 is 0 Å². The van der Waals surface area contributed by atoms with Crippen LogP contribution in [0.3, 0.4) is 0 Å². The van der Waals surface area contributed by atoms with Gasteiger partial charge in [0.25, 0.3) is 10.0 Å². The van der Waals surface area contributed by atoms with Gasteiger partial charge in [0.05, 0.1) is 29.0 Å². The first-order valence-electron chi connectivity index (χ1n) is 10.9. The quantitative estimate of drug-likeness (QED) is 0.157. The van der Waals surface area contributed by atoms with Gasteiger partial charge in [0.1, 0.15) is 12.4 Å². The zero-order chi connectivity index (χ0) is 24.8. The van der Waals surface area contributed by atoms with E-state index < -0.39 is 16.1 Å². The Labute approximate surface area is 203 Å². The summed E-state index contributed by atoms with van der Waals surface area (Å²) in [5, 5.41) is 21.5. The second-order valence-corrected chi connectivity index (χ2v) is 9.49. The Morgan fingerprint density at radius 2 is 1.94 bits per heavy atom. The molecule has 0 spiro atoms. The molecule has 0 aliphatic heterocycles. The number of H-pyrrole nitrogens is 1. The van der Waals surface area contributed by atoms with Gasteiger partial charge in [-0.2, -0.15) is 0 Å². The molecule has 3 aromatic carbocycles. The summed E-state index contributed by atoms with van der Waals surface area (Å²) < 4.78 is 38.7. The van der Waals surface area contributed by atoms with Crippen LogP contribution in [0.25, 0.3) is 10.9 Å². The molecule has 1 atom stereocenters. The molecule has 184 valence electrons. The summed E-state index contributed by atoms with van der Waals surface area (Å²) in [6.45, 7) is 1.16. The highest BCUT2D eigenvalue weighted by molar-refractivity contribution is 7.92. The van der Waals surface area contributed by atoms with Crippen molar-refractivity contribution >= 4 is 32.3 Å². The zero-order valence-corrected chi connectivity index (χ0v) is 19.9. The van der Waals surface area contributed by atoms with E-state index in [1.807, 2.05) is 18.2 Å². The first kappa shape index (κ1) is 24.3. The Balaban J connectivity index is 1.27. The number of aromatic nitrogens is 2. The number of benzene rings is 3. The molecule has 6 N–H and O–H groups in total. The number of nitrogens with one attached hydrogen (secondary N) is 3. The molecule has 0 fully saturated rings. The van der Waals surface area contributed by atoms with Crippen molar-refractivity contribution < 1.29 is 23.0 Å². The van der Waals surface area contributed by atoms with Crippen molar-refractivity contribution in [2.45, 2.75) is 11.0 Å². The van der Waals surface area contributed by atoms with E-state index in [1.165, 1.54) is 12.1 Å². The molecular formula is C24H27N5O5S. The molecule has 11 heteroatoms. The van der Waals surface area contributed by atoms with E-state index in [2.05, 4.69) is 20.2 Å².